The fourth-order valence-corrected chi connectivity index (χ4v) is 6.63. The van der Waals surface area contributed by atoms with E-state index < -0.39 is 10.0 Å². The molecule has 1 N–H and O–H groups in total. The summed E-state index contributed by atoms with van der Waals surface area (Å²) in [4.78, 5) is 17.7. The van der Waals surface area contributed by atoms with Crippen molar-refractivity contribution >= 4 is 43.4 Å². The number of hydrogen-bond acceptors (Lipinski definition) is 6. The van der Waals surface area contributed by atoms with Crippen molar-refractivity contribution in [1.29, 1.82) is 0 Å². The Balaban J connectivity index is 1.31. The summed E-state index contributed by atoms with van der Waals surface area (Å²) >= 11 is 1.31. The summed E-state index contributed by atoms with van der Waals surface area (Å²) in [6.07, 6.45) is 3.95. The number of thiazole rings is 1. The van der Waals surface area contributed by atoms with E-state index in [1.807, 2.05) is 37.4 Å². The lowest BCUT2D eigenvalue weighted by Crippen LogP contribution is -2.31. The third-order valence-electron chi connectivity index (χ3n) is 6.38. The van der Waals surface area contributed by atoms with Crippen LogP contribution >= 0.6 is 11.3 Å². The van der Waals surface area contributed by atoms with Gasteiger partial charge < -0.3 is 4.42 Å². The van der Waals surface area contributed by atoms with Gasteiger partial charge >= 0.3 is 0 Å². The predicted molar refractivity (Wildman–Crippen MR) is 138 cm³/mol. The van der Waals surface area contributed by atoms with Crippen LogP contribution < -0.4 is 5.32 Å². The zero-order valence-corrected chi connectivity index (χ0v) is 21.3. The van der Waals surface area contributed by atoms with Gasteiger partial charge in [0.1, 0.15) is 5.58 Å². The van der Waals surface area contributed by atoms with Gasteiger partial charge in [0, 0.05) is 35.0 Å². The highest BCUT2D eigenvalue weighted by Gasteiger charge is 2.25. The molecule has 35 heavy (non-hydrogen) atoms. The molecule has 7 nitrogen and oxygen atoms in total. The third kappa shape index (κ3) is 4.76. The monoisotopic (exact) mass is 509 g/mol. The molecule has 0 saturated carbocycles. The molecule has 0 bridgehead atoms. The summed E-state index contributed by atoms with van der Waals surface area (Å²) in [6, 6.07) is 12.6. The number of rotatable bonds is 5. The number of aryl methyl sites for hydroxylation is 2. The van der Waals surface area contributed by atoms with Gasteiger partial charge in [-0.3, -0.25) is 10.1 Å². The van der Waals surface area contributed by atoms with Crippen LogP contribution in [0.3, 0.4) is 0 Å². The molecule has 0 atom stereocenters. The first-order valence-corrected chi connectivity index (χ1v) is 14.0. The van der Waals surface area contributed by atoms with Crippen LogP contribution in [-0.2, 0) is 10.0 Å². The van der Waals surface area contributed by atoms with Gasteiger partial charge in [0.15, 0.2) is 10.9 Å². The van der Waals surface area contributed by atoms with E-state index in [9.17, 15) is 13.2 Å². The summed E-state index contributed by atoms with van der Waals surface area (Å²) in [5.74, 6) is -0.0819. The second-order valence-corrected chi connectivity index (χ2v) is 11.7. The molecule has 1 aliphatic rings. The van der Waals surface area contributed by atoms with E-state index in [4.69, 9.17) is 4.42 Å². The van der Waals surface area contributed by atoms with Gasteiger partial charge in [-0.25, -0.2) is 13.4 Å². The van der Waals surface area contributed by atoms with Gasteiger partial charge in [-0.15, -0.1) is 11.3 Å². The molecule has 2 aromatic heterocycles. The highest BCUT2D eigenvalue weighted by molar-refractivity contribution is 7.89. The van der Waals surface area contributed by atoms with Crippen LogP contribution in [0.15, 0.2) is 57.2 Å². The molecule has 9 heteroatoms. The third-order valence-corrected chi connectivity index (χ3v) is 9.05. The summed E-state index contributed by atoms with van der Waals surface area (Å²) in [5, 5.41) is 6.03. The number of aromatic nitrogens is 1. The van der Waals surface area contributed by atoms with Gasteiger partial charge in [0.25, 0.3) is 5.91 Å². The summed E-state index contributed by atoms with van der Waals surface area (Å²) in [6.45, 7) is 5.02. The summed E-state index contributed by atoms with van der Waals surface area (Å²) in [5.41, 5.74) is 4.02. The minimum atomic E-state index is -3.50. The van der Waals surface area contributed by atoms with Crippen LogP contribution in [0.2, 0.25) is 0 Å². The van der Waals surface area contributed by atoms with Crippen molar-refractivity contribution in [1.82, 2.24) is 9.29 Å². The zero-order valence-electron chi connectivity index (χ0n) is 19.7. The van der Waals surface area contributed by atoms with Crippen molar-refractivity contribution in [2.45, 2.75) is 44.4 Å². The van der Waals surface area contributed by atoms with Crippen LogP contribution in [-0.4, -0.2) is 36.7 Å². The molecule has 0 aliphatic carbocycles. The molecule has 182 valence electrons. The first-order valence-electron chi connectivity index (χ1n) is 11.7. The van der Waals surface area contributed by atoms with Crippen LogP contribution in [0, 0.1) is 13.8 Å². The quantitative estimate of drug-likeness (QED) is 0.357. The Morgan fingerprint density at radius 2 is 1.74 bits per heavy atom. The van der Waals surface area contributed by atoms with E-state index in [2.05, 4.69) is 10.3 Å². The maximum atomic E-state index is 13.0. The van der Waals surface area contributed by atoms with Gasteiger partial charge in [-0.2, -0.15) is 4.31 Å². The minimum absolute atomic E-state index is 0.269. The highest BCUT2D eigenvalue weighted by Crippen LogP contribution is 2.30. The fraction of sp³-hybridized carbons (Fsp3) is 0.308. The van der Waals surface area contributed by atoms with Crippen LogP contribution in [0.1, 0.15) is 47.4 Å². The van der Waals surface area contributed by atoms with E-state index in [0.717, 1.165) is 47.8 Å². The maximum absolute atomic E-state index is 13.0. The lowest BCUT2D eigenvalue weighted by Gasteiger charge is -2.19. The van der Waals surface area contributed by atoms with E-state index in [0.29, 0.717) is 34.4 Å². The largest absolute Gasteiger partial charge is 0.451 e. The summed E-state index contributed by atoms with van der Waals surface area (Å²) in [7, 11) is -3.50. The van der Waals surface area contributed by atoms with Crippen LogP contribution in [0.5, 0.6) is 0 Å². The maximum Gasteiger partial charge on any atom is 0.293 e. The van der Waals surface area contributed by atoms with E-state index >= 15 is 0 Å². The lowest BCUT2D eigenvalue weighted by molar-refractivity contribution is 0.0998. The summed E-state index contributed by atoms with van der Waals surface area (Å²) < 4.78 is 33.4. The normalized spacial score (nSPS) is 15.3. The fourth-order valence-electron chi connectivity index (χ4n) is 4.40. The topological polar surface area (TPSA) is 92.5 Å². The standard InChI is InChI=1S/C26H27N3O4S2/c1-17-7-12-23-21(15-17)18(2)24(33-23)25(30)28-26-27-22(16-34-26)19-8-10-20(11-9-19)35(31,32)29-13-5-3-4-6-14-29/h7-12,15-16H,3-6,13-14H2,1-2H3,(H,27,28,30). The second kappa shape index (κ2) is 9.56. The molecule has 3 heterocycles. The SMILES string of the molecule is Cc1ccc2oc(C(=O)Nc3nc(-c4ccc(S(=O)(=O)N5CCCCCC5)cc4)cs3)c(C)c2c1. The molecular weight excluding hydrogens is 482 g/mol. The lowest BCUT2D eigenvalue weighted by atomic mass is 10.1. The molecule has 4 aromatic rings. The average molecular weight is 510 g/mol. The van der Waals surface area contributed by atoms with E-state index in [1.54, 1.807) is 28.6 Å². The van der Waals surface area contributed by atoms with Gasteiger partial charge in [-0.05, 0) is 51.0 Å². The number of anilines is 1. The number of sulfonamides is 1. The molecule has 2 aromatic carbocycles. The van der Waals surface area contributed by atoms with Crippen molar-refractivity contribution < 1.29 is 17.6 Å². The Morgan fingerprint density at radius 1 is 1.03 bits per heavy atom. The minimum Gasteiger partial charge on any atom is -0.451 e. The molecule has 5 rings (SSSR count). The Bertz CT molecular complexity index is 1480. The second-order valence-electron chi connectivity index (χ2n) is 8.89. The molecule has 1 saturated heterocycles. The molecule has 1 amide bonds. The Labute approximate surface area is 208 Å². The van der Waals surface area contributed by atoms with Crippen molar-refractivity contribution in [3.63, 3.8) is 0 Å². The first-order chi connectivity index (χ1) is 16.8. The Hall–Kier alpha value is -3.01. The van der Waals surface area contributed by atoms with Crippen LogP contribution in [0.25, 0.3) is 22.2 Å². The molecule has 1 aliphatic heterocycles. The Morgan fingerprint density at radius 3 is 2.46 bits per heavy atom. The molecule has 1 fully saturated rings. The number of furan rings is 1. The number of amides is 1. The number of carbonyl (C=O) groups is 1. The van der Waals surface area contributed by atoms with Gasteiger partial charge in [0.2, 0.25) is 10.0 Å². The van der Waals surface area contributed by atoms with Crippen LogP contribution in [0.4, 0.5) is 5.13 Å². The molecule has 0 unspecified atom stereocenters. The van der Waals surface area contributed by atoms with E-state index in [-0.39, 0.29) is 11.7 Å². The number of carbonyl (C=O) groups excluding carboxylic acids is 1. The number of nitrogens with one attached hydrogen (secondary N) is 1. The zero-order chi connectivity index (χ0) is 24.6. The van der Waals surface area contributed by atoms with Crippen molar-refractivity contribution in [2.24, 2.45) is 0 Å². The smallest absolute Gasteiger partial charge is 0.293 e. The van der Waals surface area contributed by atoms with Gasteiger partial charge in [-0.1, -0.05) is 36.6 Å². The van der Waals surface area contributed by atoms with Gasteiger partial charge in [0.05, 0.1) is 10.6 Å². The predicted octanol–water partition coefficient (Wildman–Crippen LogP) is 5.99. The highest BCUT2D eigenvalue weighted by atomic mass is 32.2. The van der Waals surface area contributed by atoms with E-state index in [1.165, 1.54) is 11.3 Å². The number of hydrogen-bond donors (Lipinski definition) is 1. The number of nitrogens with zero attached hydrogens (tertiary/aromatic N) is 2. The first kappa shape index (κ1) is 23.7. The number of fused-ring (bicyclic) bond motifs is 1. The Kier molecular flexibility index (Phi) is 6.48. The van der Waals surface area contributed by atoms with Crippen molar-refractivity contribution in [3.8, 4) is 11.3 Å². The average Bonchev–Trinajstić information content (AvgIpc) is 3.32. The molecule has 0 radical (unpaired) electrons. The number of benzene rings is 2. The van der Waals surface area contributed by atoms with Crippen molar-refractivity contribution in [3.05, 3.63) is 64.7 Å². The molecular formula is C26H27N3O4S2. The molecule has 0 spiro atoms. The van der Waals surface area contributed by atoms with Crippen molar-refractivity contribution in [2.75, 3.05) is 18.4 Å².